The van der Waals surface area contributed by atoms with Crippen molar-refractivity contribution < 1.29 is 0 Å². The molecule has 5 heteroatoms. The smallest absolute Gasteiger partial charge is 0.188 e. The highest BCUT2D eigenvalue weighted by Crippen LogP contribution is 2.35. The first-order chi connectivity index (χ1) is 9.28. The third-order valence-corrected chi connectivity index (χ3v) is 4.96. The molecular weight excluding hydrogens is 296 g/mol. The Morgan fingerprint density at radius 1 is 1.16 bits per heavy atom. The molecule has 0 aliphatic heterocycles. The molecule has 1 heterocycles. The van der Waals surface area contributed by atoms with Crippen LogP contribution in [0.3, 0.4) is 0 Å². The highest BCUT2D eigenvalue weighted by atomic mass is 35.5. The zero-order chi connectivity index (χ0) is 13.2. The molecular formula is C14H11ClN2S2. The summed E-state index contributed by atoms with van der Waals surface area (Å²) in [7, 11) is 0. The van der Waals surface area contributed by atoms with E-state index in [2.05, 4.69) is 28.7 Å². The zero-order valence-corrected chi connectivity index (χ0v) is 12.6. The molecule has 0 saturated heterocycles. The fourth-order valence-electron chi connectivity index (χ4n) is 1.83. The van der Waals surface area contributed by atoms with E-state index >= 15 is 0 Å². The standard InChI is InChI=1S/C14H11ClN2S2/c1-18-12-8-3-2-6-10(12)16-14-17-11-7-4-5-9(15)13(11)19-14/h2-8H,1H3,(H,16,17). The Labute approximate surface area is 124 Å². The third kappa shape index (κ3) is 2.56. The van der Waals surface area contributed by atoms with Crippen LogP contribution in [0.25, 0.3) is 10.2 Å². The highest BCUT2D eigenvalue weighted by molar-refractivity contribution is 7.98. The van der Waals surface area contributed by atoms with Gasteiger partial charge in [0.1, 0.15) is 0 Å². The van der Waals surface area contributed by atoms with E-state index in [0.29, 0.717) is 0 Å². The lowest BCUT2D eigenvalue weighted by Gasteiger charge is -2.06. The van der Waals surface area contributed by atoms with Gasteiger partial charge >= 0.3 is 0 Å². The van der Waals surface area contributed by atoms with Crippen LogP contribution < -0.4 is 5.32 Å². The maximum Gasteiger partial charge on any atom is 0.188 e. The predicted octanol–water partition coefficient (Wildman–Crippen LogP) is 5.42. The second-order valence-corrected chi connectivity index (χ2v) is 6.19. The number of benzene rings is 2. The number of hydrogen-bond acceptors (Lipinski definition) is 4. The van der Waals surface area contributed by atoms with Crippen molar-refractivity contribution >= 4 is 55.7 Å². The Kier molecular flexibility index (Phi) is 3.64. The number of thioether (sulfide) groups is 1. The van der Waals surface area contributed by atoms with Crippen LogP contribution >= 0.6 is 34.7 Å². The molecule has 3 aromatic rings. The fraction of sp³-hybridized carbons (Fsp3) is 0.0714. The highest BCUT2D eigenvalue weighted by Gasteiger charge is 2.08. The quantitative estimate of drug-likeness (QED) is 0.654. The SMILES string of the molecule is CSc1ccccc1Nc1nc2cccc(Cl)c2s1. The van der Waals surface area contributed by atoms with Gasteiger partial charge in [-0.3, -0.25) is 0 Å². The van der Waals surface area contributed by atoms with Crippen molar-refractivity contribution in [3.63, 3.8) is 0 Å². The van der Waals surface area contributed by atoms with Gasteiger partial charge in [-0.15, -0.1) is 11.8 Å². The number of rotatable bonds is 3. The van der Waals surface area contributed by atoms with Gasteiger partial charge in [0.25, 0.3) is 0 Å². The van der Waals surface area contributed by atoms with Crippen molar-refractivity contribution in [1.29, 1.82) is 0 Å². The van der Waals surface area contributed by atoms with E-state index < -0.39 is 0 Å². The second kappa shape index (κ2) is 5.41. The molecule has 0 aliphatic rings. The van der Waals surface area contributed by atoms with Gasteiger partial charge in [0, 0.05) is 4.90 Å². The number of fused-ring (bicyclic) bond motifs is 1. The average Bonchev–Trinajstić information content (AvgIpc) is 2.83. The summed E-state index contributed by atoms with van der Waals surface area (Å²) in [4.78, 5) is 5.76. The molecule has 2 nitrogen and oxygen atoms in total. The minimum atomic E-state index is 0.751. The van der Waals surface area contributed by atoms with Crippen molar-refractivity contribution in [2.24, 2.45) is 0 Å². The summed E-state index contributed by atoms with van der Waals surface area (Å²) in [6.07, 6.45) is 2.07. The van der Waals surface area contributed by atoms with Crippen molar-refractivity contribution in [2.45, 2.75) is 4.90 Å². The summed E-state index contributed by atoms with van der Waals surface area (Å²) in [6, 6.07) is 14.0. The minimum Gasteiger partial charge on any atom is -0.331 e. The van der Waals surface area contributed by atoms with Crippen LogP contribution in [0.15, 0.2) is 47.4 Å². The Morgan fingerprint density at radius 2 is 2.00 bits per heavy atom. The van der Waals surface area contributed by atoms with Gasteiger partial charge in [0.05, 0.1) is 20.9 Å². The monoisotopic (exact) mass is 306 g/mol. The summed E-state index contributed by atoms with van der Waals surface area (Å²) < 4.78 is 1.02. The normalized spacial score (nSPS) is 10.8. The van der Waals surface area contributed by atoms with Crippen molar-refractivity contribution in [3.05, 3.63) is 47.5 Å². The summed E-state index contributed by atoms with van der Waals surface area (Å²) >= 11 is 9.46. The molecule has 96 valence electrons. The minimum absolute atomic E-state index is 0.751. The van der Waals surface area contributed by atoms with Gasteiger partial charge in [0.15, 0.2) is 5.13 Å². The number of anilines is 2. The third-order valence-electron chi connectivity index (χ3n) is 2.72. The number of nitrogens with one attached hydrogen (secondary N) is 1. The molecule has 0 bridgehead atoms. The second-order valence-electron chi connectivity index (χ2n) is 3.93. The van der Waals surface area contributed by atoms with Crippen LogP contribution in [-0.2, 0) is 0 Å². The van der Waals surface area contributed by atoms with Crippen LogP contribution in [0.1, 0.15) is 0 Å². The number of nitrogens with zero attached hydrogens (tertiary/aromatic N) is 1. The molecule has 0 fully saturated rings. The number of hydrogen-bond donors (Lipinski definition) is 1. The number of aromatic nitrogens is 1. The van der Waals surface area contributed by atoms with E-state index in [1.165, 1.54) is 4.90 Å². The number of para-hydroxylation sites is 1. The van der Waals surface area contributed by atoms with Crippen LogP contribution in [0.5, 0.6) is 0 Å². The van der Waals surface area contributed by atoms with Crippen molar-refractivity contribution in [3.8, 4) is 0 Å². The Bertz CT molecular complexity index is 724. The van der Waals surface area contributed by atoms with Gasteiger partial charge < -0.3 is 5.32 Å². The van der Waals surface area contributed by atoms with Gasteiger partial charge in [-0.2, -0.15) is 0 Å². The Balaban J connectivity index is 1.99. The van der Waals surface area contributed by atoms with E-state index in [1.54, 1.807) is 23.1 Å². The molecule has 0 radical (unpaired) electrons. The van der Waals surface area contributed by atoms with Gasteiger partial charge in [-0.1, -0.05) is 41.1 Å². The Morgan fingerprint density at radius 3 is 2.79 bits per heavy atom. The molecule has 1 N–H and O–H groups in total. The molecule has 0 spiro atoms. The van der Waals surface area contributed by atoms with Gasteiger partial charge in [-0.25, -0.2) is 4.98 Å². The molecule has 0 atom stereocenters. The summed E-state index contributed by atoms with van der Waals surface area (Å²) in [5.74, 6) is 0. The number of thiazole rings is 1. The molecule has 0 saturated carbocycles. The van der Waals surface area contributed by atoms with E-state index in [-0.39, 0.29) is 0 Å². The summed E-state index contributed by atoms with van der Waals surface area (Å²) in [6.45, 7) is 0. The molecule has 0 amide bonds. The first-order valence-corrected chi connectivity index (χ1v) is 8.15. The molecule has 0 aliphatic carbocycles. The van der Waals surface area contributed by atoms with Crippen LogP contribution in [0, 0.1) is 0 Å². The zero-order valence-electron chi connectivity index (χ0n) is 10.2. The van der Waals surface area contributed by atoms with E-state index in [4.69, 9.17) is 11.6 Å². The van der Waals surface area contributed by atoms with E-state index in [1.807, 2.05) is 30.3 Å². The first kappa shape index (κ1) is 12.8. The van der Waals surface area contributed by atoms with Gasteiger partial charge in [-0.05, 0) is 30.5 Å². The summed E-state index contributed by atoms with van der Waals surface area (Å²) in [5, 5.41) is 4.98. The van der Waals surface area contributed by atoms with Crippen molar-refractivity contribution in [2.75, 3.05) is 11.6 Å². The molecule has 2 aromatic carbocycles. The maximum absolute atomic E-state index is 6.17. The molecule has 1 aromatic heterocycles. The molecule has 19 heavy (non-hydrogen) atoms. The lowest BCUT2D eigenvalue weighted by Crippen LogP contribution is -1.90. The predicted molar refractivity (Wildman–Crippen MR) is 86.1 cm³/mol. The first-order valence-electron chi connectivity index (χ1n) is 5.73. The van der Waals surface area contributed by atoms with E-state index in [0.717, 1.165) is 26.1 Å². The van der Waals surface area contributed by atoms with Crippen molar-refractivity contribution in [1.82, 2.24) is 4.98 Å². The van der Waals surface area contributed by atoms with E-state index in [9.17, 15) is 0 Å². The topological polar surface area (TPSA) is 24.9 Å². The lowest BCUT2D eigenvalue weighted by molar-refractivity contribution is 1.38. The Hall–Kier alpha value is -1.23. The fourth-order valence-corrected chi connectivity index (χ4v) is 3.55. The van der Waals surface area contributed by atoms with Crippen LogP contribution in [-0.4, -0.2) is 11.2 Å². The number of halogens is 1. The molecule has 3 rings (SSSR count). The van der Waals surface area contributed by atoms with Crippen LogP contribution in [0.2, 0.25) is 5.02 Å². The average molecular weight is 307 g/mol. The van der Waals surface area contributed by atoms with Crippen LogP contribution in [0.4, 0.5) is 10.8 Å². The lowest BCUT2D eigenvalue weighted by atomic mass is 10.3. The summed E-state index contributed by atoms with van der Waals surface area (Å²) in [5.41, 5.74) is 2.01. The largest absolute Gasteiger partial charge is 0.331 e. The van der Waals surface area contributed by atoms with Gasteiger partial charge in [0.2, 0.25) is 0 Å². The maximum atomic E-state index is 6.17. The molecule has 0 unspecified atom stereocenters.